The molecule has 1 aliphatic heterocycles. The molecule has 2 aliphatic rings. The Balaban J connectivity index is 1.27. The number of likely N-dealkylation sites (tertiary alicyclic amines) is 1. The maximum Gasteiger partial charge on any atom is 0.290 e. The molecule has 1 aliphatic carbocycles. The summed E-state index contributed by atoms with van der Waals surface area (Å²) in [5.41, 5.74) is 1.87. The minimum absolute atomic E-state index is 0.0229. The molecule has 0 spiro atoms. The Kier molecular flexibility index (Phi) is 5.49. The molecular formula is C22H32N2O2. The Hall–Kier alpha value is -1.55. The van der Waals surface area contributed by atoms with E-state index in [1.54, 1.807) is 4.74 Å². The van der Waals surface area contributed by atoms with Gasteiger partial charge in [-0.05, 0) is 81.6 Å². The lowest BCUT2D eigenvalue weighted by atomic mass is 9.87. The standard InChI is InChI=1S/C22H32N2O2/c1-17-7-8-20-21(15-17)26-24(22(20)25)14-11-18-9-12-23(13-10-18)16-19-5-3-2-4-6-19/h7-8,15,18-19H,2-6,9-14,16H2,1H3. The molecule has 0 unspecified atom stereocenters. The summed E-state index contributed by atoms with van der Waals surface area (Å²) in [5, 5.41) is 0.706. The van der Waals surface area contributed by atoms with Crippen LogP contribution < -0.4 is 5.56 Å². The van der Waals surface area contributed by atoms with Crippen molar-refractivity contribution in [1.82, 2.24) is 9.64 Å². The SMILES string of the molecule is Cc1ccc2c(=O)n(CCC3CCN(CC4CCCCC4)CC3)oc2c1. The quantitative estimate of drug-likeness (QED) is 0.787. The van der Waals surface area contributed by atoms with Crippen LogP contribution in [0.15, 0.2) is 27.5 Å². The molecule has 2 heterocycles. The first kappa shape index (κ1) is 17.8. The normalized spacial score (nSPS) is 20.8. The second-order valence-corrected chi connectivity index (χ2v) is 8.53. The lowest BCUT2D eigenvalue weighted by molar-refractivity contribution is 0.135. The molecule has 1 saturated heterocycles. The van der Waals surface area contributed by atoms with Crippen LogP contribution in [0.3, 0.4) is 0 Å². The summed E-state index contributed by atoms with van der Waals surface area (Å²) in [7, 11) is 0. The maximum absolute atomic E-state index is 12.4. The van der Waals surface area contributed by atoms with Crippen LogP contribution in [0, 0.1) is 18.8 Å². The molecule has 4 nitrogen and oxygen atoms in total. The van der Waals surface area contributed by atoms with Gasteiger partial charge in [0.05, 0.1) is 11.9 Å². The average Bonchev–Trinajstić information content (AvgIpc) is 2.97. The third-order valence-corrected chi connectivity index (χ3v) is 6.49. The van der Waals surface area contributed by atoms with Crippen molar-refractivity contribution < 1.29 is 4.52 Å². The third-order valence-electron chi connectivity index (χ3n) is 6.49. The number of rotatable bonds is 5. The summed E-state index contributed by atoms with van der Waals surface area (Å²) in [4.78, 5) is 15.1. The maximum atomic E-state index is 12.4. The lowest BCUT2D eigenvalue weighted by Gasteiger charge is -2.35. The minimum atomic E-state index is 0.0229. The van der Waals surface area contributed by atoms with Crippen molar-refractivity contribution in [3.8, 4) is 0 Å². The Morgan fingerprint density at radius 1 is 1.04 bits per heavy atom. The fourth-order valence-corrected chi connectivity index (χ4v) is 4.82. The molecule has 1 aromatic heterocycles. The zero-order valence-electron chi connectivity index (χ0n) is 16.1. The Bertz CT molecular complexity index is 777. The van der Waals surface area contributed by atoms with Gasteiger partial charge in [-0.3, -0.25) is 4.79 Å². The van der Waals surface area contributed by atoms with Gasteiger partial charge in [0.1, 0.15) is 0 Å². The van der Waals surface area contributed by atoms with Crippen LogP contribution in [-0.4, -0.2) is 29.3 Å². The van der Waals surface area contributed by atoms with Gasteiger partial charge in [-0.25, -0.2) is 0 Å². The first-order chi connectivity index (χ1) is 12.7. The molecule has 0 radical (unpaired) electrons. The highest BCUT2D eigenvalue weighted by molar-refractivity contribution is 5.76. The monoisotopic (exact) mass is 356 g/mol. The molecule has 1 aromatic carbocycles. The van der Waals surface area contributed by atoms with Gasteiger partial charge in [0.2, 0.25) is 0 Å². The first-order valence-corrected chi connectivity index (χ1v) is 10.5. The van der Waals surface area contributed by atoms with Crippen molar-refractivity contribution in [1.29, 1.82) is 0 Å². The Morgan fingerprint density at radius 2 is 1.81 bits per heavy atom. The molecular weight excluding hydrogens is 324 g/mol. The third kappa shape index (κ3) is 4.06. The van der Waals surface area contributed by atoms with E-state index in [0.717, 1.165) is 29.4 Å². The second-order valence-electron chi connectivity index (χ2n) is 8.53. The lowest BCUT2D eigenvalue weighted by Crippen LogP contribution is -2.37. The highest BCUT2D eigenvalue weighted by Crippen LogP contribution is 2.27. The van der Waals surface area contributed by atoms with Crippen molar-refractivity contribution in [2.75, 3.05) is 19.6 Å². The van der Waals surface area contributed by atoms with E-state index in [0.29, 0.717) is 11.9 Å². The number of nitrogens with zero attached hydrogens (tertiary/aromatic N) is 2. The molecule has 0 amide bonds. The van der Waals surface area contributed by atoms with Crippen molar-refractivity contribution in [2.45, 2.75) is 64.8 Å². The molecule has 2 aromatic rings. The highest BCUT2D eigenvalue weighted by atomic mass is 16.5. The van der Waals surface area contributed by atoms with Crippen molar-refractivity contribution in [2.24, 2.45) is 11.8 Å². The summed E-state index contributed by atoms with van der Waals surface area (Å²) >= 11 is 0. The fourth-order valence-electron chi connectivity index (χ4n) is 4.82. The summed E-state index contributed by atoms with van der Waals surface area (Å²) in [5.74, 6) is 1.66. The van der Waals surface area contributed by atoms with Gasteiger partial charge < -0.3 is 9.42 Å². The van der Waals surface area contributed by atoms with E-state index in [1.165, 1.54) is 64.6 Å². The largest absolute Gasteiger partial charge is 0.376 e. The fraction of sp³-hybridized carbons (Fsp3) is 0.682. The summed E-state index contributed by atoms with van der Waals surface area (Å²) in [6.45, 7) is 6.51. The summed E-state index contributed by atoms with van der Waals surface area (Å²) in [6.07, 6.45) is 10.8. The van der Waals surface area contributed by atoms with E-state index in [2.05, 4.69) is 4.90 Å². The van der Waals surface area contributed by atoms with Crippen LogP contribution in [-0.2, 0) is 6.54 Å². The molecule has 0 bridgehead atoms. The molecule has 4 rings (SSSR count). The molecule has 1 saturated carbocycles. The van der Waals surface area contributed by atoms with E-state index in [9.17, 15) is 4.79 Å². The molecule has 26 heavy (non-hydrogen) atoms. The van der Waals surface area contributed by atoms with Crippen molar-refractivity contribution in [3.05, 3.63) is 34.1 Å². The van der Waals surface area contributed by atoms with Gasteiger partial charge in [-0.2, -0.15) is 4.74 Å². The molecule has 4 heteroatoms. The van der Waals surface area contributed by atoms with Crippen LogP contribution in [0.25, 0.3) is 11.0 Å². The van der Waals surface area contributed by atoms with E-state index in [4.69, 9.17) is 4.52 Å². The number of benzene rings is 1. The minimum Gasteiger partial charge on any atom is -0.376 e. The van der Waals surface area contributed by atoms with E-state index < -0.39 is 0 Å². The van der Waals surface area contributed by atoms with E-state index in [-0.39, 0.29) is 5.56 Å². The number of aryl methyl sites for hydroxylation is 2. The van der Waals surface area contributed by atoms with Crippen LogP contribution in [0.2, 0.25) is 0 Å². The van der Waals surface area contributed by atoms with E-state index >= 15 is 0 Å². The molecule has 142 valence electrons. The van der Waals surface area contributed by atoms with Gasteiger partial charge in [0.15, 0.2) is 5.58 Å². The van der Waals surface area contributed by atoms with Crippen LogP contribution in [0.4, 0.5) is 0 Å². The average molecular weight is 357 g/mol. The number of hydrogen-bond donors (Lipinski definition) is 0. The summed E-state index contributed by atoms with van der Waals surface area (Å²) in [6, 6.07) is 5.82. The topological polar surface area (TPSA) is 38.4 Å². The molecule has 0 atom stereocenters. The molecule has 2 fully saturated rings. The van der Waals surface area contributed by atoms with Gasteiger partial charge in [0.25, 0.3) is 5.56 Å². The smallest absolute Gasteiger partial charge is 0.290 e. The predicted octanol–water partition coefficient (Wildman–Crippen LogP) is 4.59. The number of aromatic nitrogens is 1. The Labute approximate surface area is 156 Å². The van der Waals surface area contributed by atoms with Crippen LogP contribution in [0.1, 0.15) is 56.9 Å². The van der Waals surface area contributed by atoms with E-state index in [1.807, 2.05) is 25.1 Å². The van der Waals surface area contributed by atoms with Crippen molar-refractivity contribution in [3.63, 3.8) is 0 Å². The zero-order chi connectivity index (χ0) is 17.9. The predicted molar refractivity (Wildman–Crippen MR) is 106 cm³/mol. The Morgan fingerprint density at radius 3 is 2.58 bits per heavy atom. The van der Waals surface area contributed by atoms with Gasteiger partial charge in [-0.15, -0.1) is 0 Å². The number of hydrogen-bond acceptors (Lipinski definition) is 3. The van der Waals surface area contributed by atoms with Gasteiger partial charge in [-0.1, -0.05) is 25.3 Å². The first-order valence-electron chi connectivity index (χ1n) is 10.5. The van der Waals surface area contributed by atoms with Crippen LogP contribution in [0.5, 0.6) is 0 Å². The van der Waals surface area contributed by atoms with Crippen LogP contribution >= 0.6 is 0 Å². The number of fused-ring (bicyclic) bond motifs is 1. The van der Waals surface area contributed by atoms with Gasteiger partial charge in [0, 0.05) is 6.54 Å². The summed E-state index contributed by atoms with van der Waals surface area (Å²) < 4.78 is 7.35. The highest BCUT2D eigenvalue weighted by Gasteiger charge is 2.23. The number of piperidine rings is 1. The van der Waals surface area contributed by atoms with Crippen molar-refractivity contribution >= 4 is 11.0 Å². The second kappa shape index (κ2) is 7.99. The van der Waals surface area contributed by atoms with Gasteiger partial charge >= 0.3 is 0 Å². The zero-order valence-corrected chi connectivity index (χ0v) is 16.1. The molecule has 0 N–H and O–H groups in total.